The Morgan fingerprint density at radius 2 is 1.43 bits per heavy atom. The number of sulfonamides is 1. The van der Waals surface area contributed by atoms with Gasteiger partial charge >= 0.3 is 0 Å². The van der Waals surface area contributed by atoms with Gasteiger partial charge in [0.05, 0.1) is 10.6 Å². The molecule has 0 aliphatic rings. The van der Waals surface area contributed by atoms with E-state index in [0.717, 1.165) is 11.1 Å². The second kappa shape index (κ2) is 10.0. The third kappa shape index (κ3) is 5.88. The summed E-state index contributed by atoms with van der Waals surface area (Å²) >= 11 is 0. The van der Waals surface area contributed by atoms with Gasteiger partial charge in [0.2, 0.25) is 0 Å². The van der Waals surface area contributed by atoms with Crippen LogP contribution in [0.1, 0.15) is 27.0 Å². The maximum absolute atomic E-state index is 13.1. The lowest BCUT2D eigenvalue weighted by Crippen LogP contribution is -2.17. The highest BCUT2D eigenvalue weighted by atomic mass is 32.2. The topological polar surface area (TPSA) is 84.5 Å². The first-order valence-corrected chi connectivity index (χ1v) is 12.5. The molecule has 0 fully saturated rings. The lowest BCUT2D eigenvalue weighted by molar-refractivity contribution is 0.102. The number of carbonyl (C=O) groups is 1. The van der Waals surface area contributed by atoms with Crippen LogP contribution in [0.5, 0.6) is 11.5 Å². The van der Waals surface area contributed by atoms with Crippen LogP contribution in [-0.2, 0) is 10.0 Å². The largest absolute Gasteiger partial charge is 0.457 e. The van der Waals surface area contributed by atoms with Crippen molar-refractivity contribution in [2.75, 3.05) is 10.0 Å². The molecule has 0 aliphatic carbocycles. The van der Waals surface area contributed by atoms with Crippen LogP contribution in [-0.4, -0.2) is 14.3 Å². The molecule has 0 spiro atoms. The summed E-state index contributed by atoms with van der Waals surface area (Å²) in [5.74, 6) is 0.937. The summed E-state index contributed by atoms with van der Waals surface area (Å²) < 4.78 is 34.7. The van der Waals surface area contributed by atoms with E-state index in [2.05, 4.69) is 10.0 Å². The second-order valence-electron chi connectivity index (χ2n) is 8.30. The van der Waals surface area contributed by atoms with E-state index in [0.29, 0.717) is 28.4 Å². The molecule has 0 aliphatic heterocycles. The molecule has 0 bridgehead atoms. The van der Waals surface area contributed by atoms with Gasteiger partial charge in [-0.05, 0) is 86.5 Å². The van der Waals surface area contributed by atoms with Crippen molar-refractivity contribution in [1.82, 2.24) is 0 Å². The molecule has 7 heteroatoms. The van der Waals surface area contributed by atoms with E-state index in [9.17, 15) is 13.2 Å². The van der Waals surface area contributed by atoms with E-state index in [1.807, 2.05) is 56.3 Å². The van der Waals surface area contributed by atoms with Gasteiger partial charge in [0, 0.05) is 11.3 Å². The quantitative estimate of drug-likeness (QED) is 0.314. The average molecular weight is 487 g/mol. The van der Waals surface area contributed by atoms with Gasteiger partial charge in [0.1, 0.15) is 11.5 Å². The lowest BCUT2D eigenvalue weighted by Gasteiger charge is -2.14. The normalized spacial score (nSPS) is 11.1. The van der Waals surface area contributed by atoms with Crippen LogP contribution in [0.2, 0.25) is 0 Å². The zero-order valence-electron chi connectivity index (χ0n) is 19.7. The Morgan fingerprint density at radius 1 is 0.743 bits per heavy atom. The van der Waals surface area contributed by atoms with Gasteiger partial charge < -0.3 is 10.1 Å². The number of carbonyl (C=O) groups excluding carboxylic acids is 1. The van der Waals surface area contributed by atoms with Crippen molar-refractivity contribution in [3.8, 4) is 11.5 Å². The van der Waals surface area contributed by atoms with Gasteiger partial charge in [-0.2, -0.15) is 0 Å². The molecule has 0 saturated carbocycles. The molecule has 178 valence electrons. The fraction of sp³-hybridized carbons (Fsp3) is 0.107. The number of rotatable bonds is 7. The maximum Gasteiger partial charge on any atom is 0.262 e. The van der Waals surface area contributed by atoms with Crippen molar-refractivity contribution in [2.24, 2.45) is 0 Å². The Labute approximate surface area is 205 Å². The number of amides is 1. The van der Waals surface area contributed by atoms with E-state index in [4.69, 9.17) is 4.74 Å². The van der Waals surface area contributed by atoms with Gasteiger partial charge in [-0.25, -0.2) is 8.42 Å². The van der Waals surface area contributed by atoms with Crippen molar-refractivity contribution in [1.29, 1.82) is 0 Å². The van der Waals surface area contributed by atoms with Crippen molar-refractivity contribution >= 4 is 27.3 Å². The number of benzene rings is 4. The summed E-state index contributed by atoms with van der Waals surface area (Å²) in [6.07, 6.45) is 0. The van der Waals surface area contributed by atoms with Gasteiger partial charge in [-0.15, -0.1) is 0 Å². The predicted octanol–water partition coefficient (Wildman–Crippen LogP) is 6.46. The van der Waals surface area contributed by atoms with E-state index < -0.39 is 15.9 Å². The molecule has 0 radical (unpaired) electrons. The zero-order chi connectivity index (χ0) is 25.0. The van der Waals surface area contributed by atoms with E-state index in [1.165, 1.54) is 6.07 Å². The summed E-state index contributed by atoms with van der Waals surface area (Å²) in [7, 11) is -3.89. The Hall–Kier alpha value is -4.10. The highest BCUT2D eigenvalue weighted by molar-refractivity contribution is 7.92. The number of para-hydroxylation sites is 1. The monoisotopic (exact) mass is 486 g/mol. The molecule has 35 heavy (non-hydrogen) atoms. The van der Waals surface area contributed by atoms with Crippen LogP contribution in [0.3, 0.4) is 0 Å². The summed E-state index contributed by atoms with van der Waals surface area (Å²) in [5, 5.41) is 2.80. The van der Waals surface area contributed by atoms with Crippen LogP contribution in [0, 0.1) is 20.8 Å². The fourth-order valence-corrected chi connectivity index (χ4v) is 5.00. The van der Waals surface area contributed by atoms with E-state index in [-0.39, 0.29) is 10.5 Å². The molecular weight excluding hydrogens is 460 g/mol. The summed E-state index contributed by atoms with van der Waals surface area (Å²) in [6, 6.07) is 26.5. The highest BCUT2D eigenvalue weighted by Gasteiger charge is 2.20. The molecule has 4 rings (SSSR count). The number of hydrogen-bond donors (Lipinski definition) is 2. The van der Waals surface area contributed by atoms with Crippen molar-refractivity contribution in [3.63, 3.8) is 0 Å². The standard InChI is InChI=1S/C28H26N2O4S/c1-19-9-16-26(21(3)17-19)30-35(32,33)27-18-22(11-10-20(27)2)28(31)29-23-12-14-25(15-13-23)34-24-7-5-4-6-8-24/h4-18,30H,1-3H3,(H,29,31). The number of hydrogen-bond acceptors (Lipinski definition) is 4. The zero-order valence-corrected chi connectivity index (χ0v) is 20.5. The molecule has 2 N–H and O–H groups in total. The minimum atomic E-state index is -3.89. The van der Waals surface area contributed by atoms with Gasteiger partial charge in [0.15, 0.2) is 0 Å². The number of ether oxygens (including phenoxy) is 1. The molecule has 1 amide bonds. The van der Waals surface area contributed by atoms with Gasteiger partial charge in [-0.1, -0.05) is 42.0 Å². The summed E-state index contributed by atoms with van der Waals surface area (Å²) in [4.78, 5) is 12.9. The maximum atomic E-state index is 13.1. The summed E-state index contributed by atoms with van der Waals surface area (Å²) in [6.45, 7) is 5.49. The lowest BCUT2D eigenvalue weighted by atomic mass is 10.1. The van der Waals surface area contributed by atoms with Crippen LogP contribution in [0.25, 0.3) is 0 Å². The number of nitrogens with one attached hydrogen (secondary N) is 2. The first-order chi connectivity index (χ1) is 16.7. The Morgan fingerprint density at radius 3 is 2.11 bits per heavy atom. The van der Waals surface area contributed by atoms with Crippen LogP contribution in [0.4, 0.5) is 11.4 Å². The second-order valence-corrected chi connectivity index (χ2v) is 9.95. The summed E-state index contributed by atoms with van der Waals surface area (Å²) in [5.41, 5.74) is 3.71. The van der Waals surface area contributed by atoms with Crippen LogP contribution in [0.15, 0.2) is 95.9 Å². The molecule has 0 saturated heterocycles. The Balaban J connectivity index is 1.50. The third-order valence-corrected chi connectivity index (χ3v) is 6.96. The van der Waals surface area contributed by atoms with Crippen LogP contribution < -0.4 is 14.8 Å². The first-order valence-electron chi connectivity index (χ1n) is 11.1. The molecule has 0 atom stereocenters. The minimum Gasteiger partial charge on any atom is -0.457 e. The molecular formula is C28H26N2O4S. The number of aryl methyl sites for hydroxylation is 3. The van der Waals surface area contributed by atoms with Crippen LogP contribution >= 0.6 is 0 Å². The number of anilines is 2. The smallest absolute Gasteiger partial charge is 0.262 e. The molecule has 0 unspecified atom stereocenters. The fourth-order valence-electron chi connectivity index (χ4n) is 3.59. The van der Waals surface area contributed by atoms with E-state index in [1.54, 1.807) is 49.4 Å². The van der Waals surface area contributed by atoms with Gasteiger partial charge in [0.25, 0.3) is 15.9 Å². The van der Waals surface area contributed by atoms with Crippen molar-refractivity contribution in [2.45, 2.75) is 25.7 Å². The third-order valence-electron chi connectivity index (χ3n) is 5.46. The predicted molar refractivity (Wildman–Crippen MR) is 139 cm³/mol. The Bertz CT molecular complexity index is 1470. The van der Waals surface area contributed by atoms with Crippen molar-refractivity contribution < 1.29 is 17.9 Å². The van der Waals surface area contributed by atoms with Crippen molar-refractivity contribution in [3.05, 3.63) is 113 Å². The molecule has 0 heterocycles. The molecule has 6 nitrogen and oxygen atoms in total. The van der Waals surface area contributed by atoms with Gasteiger partial charge in [-0.3, -0.25) is 9.52 Å². The molecule has 4 aromatic carbocycles. The van der Waals surface area contributed by atoms with E-state index >= 15 is 0 Å². The first kappa shape index (κ1) is 24.0. The molecule has 4 aromatic rings. The minimum absolute atomic E-state index is 0.0525. The molecule has 0 aromatic heterocycles. The Kier molecular flexibility index (Phi) is 6.89. The highest BCUT2D eigenvalue weighted by Crippen LogP contribution is 2.25. The SMILES string of the molecule is Cc1ccc(NS(=O)(=O)c2cc(C(=O)Nc3ccc(Oc4ccccc4)cc3)ccc2C)c(C)c1. The average Bonchev–Trinajstić information content (AvgIpc) is 2.83.